The lowest BCUT2D eigenvalue weighted by molar-refractivity contribution is 0.0697. The maximum absolute atomic E-state index is 12.0. The van der Waals surface area contributed by atoms with Crippen molar-refractivity contribution < 1.29 is 14.7 Å². The zero-order valence-electron chi connectivity index (χ0n) is 11.0. The Morgan fingerprint density at radius 1 is 1.50 bits per heavy atom. The number of hydrogen-bond acceptors (Lipinski definition) is 2. The van der Waals surface area contributed by atoms with Crippen LogP contribution in [0.15, 0.2) is 18.2 Å². The molecule has 0 radical (unpaired) electrons. The normalized spacial score (nSPS) is 9.65. The number of rotatable bonds is 5. The van der Waals surface area contributed by atoms with Gasteiger partial charge in [-0.15, -0.1) is 6.42 Å². The number of aromatic carboxylic acids is 1. The van der Waals surface area contributed by atoms with Gasteiger partial charge in [-0.1, -0.05) is 24.4 Å². The van der Waals surface area contributed by atoms with Crippen molar-refractivity contribution in [1.29, 1.82) is 0 Å². The number of anilines is 1. The highest BCUT2D eigenvalue weighted by Gasteiger charge is 2.14. The molecule has 0 aliphatic rings. The summed E-state index contributed by atoms with van der Waals surface area (Å²) < 4.78 is 0. The summed E-state index contributed by atoms with van der Waals surface area (Å²) in [6.07, 6.45) is 5.99. The lowest BCUT2D eigenvalue weighted by Crippen LogP contribution is -2.35. The Morgan fingerprint density at radius 2 is 2.20 bits per heavy atom. The molecule has 0 bridgehead atoms. The molecule has 2 N–H and O–H groups in total. The smallest absolute Gasteiger partial charge is 0.335 e. The Labute approximate surface area is 122 Å². The quantitative estimate of drug-likeness (QED) is 0.820. The molecule has 1 aromatic rings. The van der Waals surface area contributed by atoms with E-state index in [0.29, 0.717) is 12.2 Å². The molecule has 1 aromatic carbocycles. The Kier molecular flexibility index (Phi) is 5.88. The number of terminal acetylenes is 1. The number of hydrogen-bond donors (Lipinski definition) is 2. The molecule has 0 heterocycles. The van der Waals surface area contributed by atoms with Crippen LogP contribution in [-0.2, 0) is 0 Å². The molecule has 0 unspecified atom stereocenters. The molecule has 0 atom stereocenters. The molecule has 0 aromatic heterocycles. The number of urea groups is 1. The van der Waals surface area contributed by atoms with Crippen molar-refractivity contribution in [3.63, 3.8) is 0 Å². The Balaban J connectivity index is 2.84. The van der Waals surface area contributed by atoms with Crippen LogP contribution in [0.1, 0.15) is 23.7 Å². The van der Waals surface area contributed by atoms with E-state index in [9.17, 15) is 9.59 Å². The van der Waals surface area contributed by atoms with E-state index in [1.165, 1.54) is 23.1 Å². The van der Waals surface area contributed by atoms with Gasteiger partial charge in [-0.25, -0.2) is 9.59 Å². The van der Waals surface area contributed by atoms with Gasteiger partial charge in [0.1, 0.15) is 0 Å². The molecule has 1 rings (SSSR count). The van der Waals surface area contributed by atoms with E-state index in [-0.39, 0.29) is 23.2 Å². The standard InChI is InChI=1S/C14H15ClN2O3/c1-3-7-17(8-4-2)14(20)16-12-6-5-10(13(18)19)9-11(12)15/h1,5-6,9H,4,7-8H2,2H3,(H,16,20)(H,18,19). The molecule has 0 aliphatic carbocycles. The largest absolute Gasteiger partial charge is 0.478 e. The summed E-state index contributed by atoms with van der Waals surface area (Å²) in [6.45, 7) is 2.66. The number of carbonyl (C=O) groups is 2. The average molecular weight is 295 g/mol. The molecule has 0 spiro atoms. The fourth-order valence-corrected chi connectivity index (χ4v) is 1.80. The number of benzene rings is 1. The lowest BCUT2D eigenvalue weighted by Gasteiger charge is -2.20. The van der Waals surface area contributed by atoms with Gasteiger partial charge in [-0.2, -0.15) is 0 Å². The van der Waals surface area contributed by atoms with E-state index in [1.54, 1.807) is 0 Å². The minimum absolute atomic E-state index is 0.0574. The molecule has 0 saturated heterocycles. The van der Waals surface area contributed by atoms with E-state index >= 15 is 0 Å². The number of nitrogens with one attached hydrogen (secondary N) is 1. The highest BCUT2D eigenvalue weighted by atomic mass is 35.5. The first kappa shape index (κ1) is 15.9. The van der Waals surface area contributed by atoms with Crippen LogP contribution in [0, 0.1) is 12.3 Å². The average Bonchev–Trinajstić information content (AvgIpc) is 2.40. The maximum atomic E-state index is 12.0. The summed E-state index contributed by atoms with van der Waals surface area (Å²) in [5, 5.41) is 11.6. The van der Waals surface area contributed by atoms with Crippen LogP contribution in [0.3, 0.4) is 0 Å². The number of carboxylic acid groups (broad SMARTS) is 1. The first-order valence-electron chi connectivity index (χ1n) is 6.01. The molecule has 20 heavy (non-hydrogen) atoms. The molecular formula is C14H15ClN2O3. The third kappa shape index (κ3) is 4.18. The summed E-state index contributed by atoms with van der Waals surface area (Å²) in [4.78, 5) is 24.3. The monoisotopic (exact) mass is 294 g/mol. The Morgan fingerprint density at radius 3 is 2.70 bits per heavy atom. The second-order valence-electron chi connectivity index (χ2n) is 4.06. The van der Waals surface area contributed by atoms with E-state index in [0.717, 1.165) is 6.42 Å². The molecule has 6 heteroatoms. The van der Waals surface area contributed by atoms with E-state index in [2.05, 4.69) is 11.2 Å². The van der Waals surface area contributed by atoms with Gasteiger partial charge in [0.2, 0.25) is 0 Å². The number of nitrogens with zero attached hydrogens (tertiary/aromatic N) is 1. The number of amides is 2. The highest BCUT2D eigenvalue weighted by molar-refractivity contribution is 6.34. The molecule has 0 saturated carbocycles. The lowest BCUT2D eigenvalue weighted by atomic mass is 10.2. The topological polar surface area (TPSA) is 69.6 Å². The molecule has 0 fully saturated rings. The van der Waals surface area contributed by atoms with Crippen molar-refractivity contribution in [3.05, 3.63) is 28.8 Å². The van der Waals surface area contributed by atoms with Crippen LogP contribution in [0.25, 0.3) is 0 Å². The van der Waals surface area contributed by atoms with Gasteiger partial charge in [0.05, 0.1) is 22.8 Å². The van der Waals surface area contributed by atoms with Crippen LogP contribution in [0.2, 0.25) is 5.02 Å². The second-order valence-corrected chi connectivity index (χ2v) is 4.46. The Hall–Kier alpha value is -2.19. The van der Waals surface area contributed by atoms with Crippen molar-refractivity contribution in [1.82, 2.24) is 4.90 Å². The maximum Gasteiger partial charge on any atom is 0.335 e. The van der Waals surface area contributed by atoms with Crippen LogP contribution < -0.4 is 5.32 Å². The van der Waals surface area contributed by atoms with Crippen molar-refractivity contribution in [2.45, 2.75) is 13.3 Å². The van der Waals surface area contributed by atoms with Crippen LogP contribution in [0.5, 0.6) is 0 Å². The fraction of sp³-hybridized carbons (Fsp3) is 0.286. The Bertz CT molecular complexity index is 552. The summed E-state index contributed by atoms with van der Waals surface area (Å²) in [5.41, 5.74) is 0.404. The van der Waals surface area contributed by atoms with Gasteiger partial charge in [0.25, 0.3) is 0 Å². The number of halogens is 1. The van der Waals surface area contributed by atoms with Crippen molar-refractivity contribution >= 4 is 29.3 Å². The molecule has 2 amide bonds. The fourth-order valence-electron chi connectivity index (χ4n) is 1.58. The zero-order valence-corrected chi connectivity index (χ0v) is 11.8. The SMILES string of the molecule is C#CCN(CCC)C(=O)Nc1ccc(C(=O)O)cc1Cl. The second kappa shape index (κ2) is 7.41. The predicted molar refractivity (Wildman–Crippen MR) is 78.1 cm³/mol. The van der Waals surface area contributed by atoms with Crippen LogP contribution >= 0.6 is 11.6 Å². The minimum atomic E-state index is -1.08. The van der Waals surface area contributed by atoms with Crippen LogP contribution in [0.4, 0.5) is 10.5 Å². The van der Waals surface area contributed by atoms with Gasteiger partial charge in [-0.05, 0) is 24.6 Å². The van der Waals surface area contributed by atoms with Gasteiger partial charge in [0, 0.05) is 6.54 Å². The van der Waals surface area contributed by atoms with Crippen molar-refractivity contribution in [2.24, 2.45) is 0 Å². The number of carbonyl (C=O) groups excluding carboxylic acids is 1. The first-order valence-corrected chi connectivity index (χ1v) is 6.39. The molecule has 5 nitrogen and oxygen atoms in total. The molecular weight excluding hydrogens is 280 g/mol. The number of carboxylic acids is 1. The summed E-state index contributed by atoms with van der Waals surface area (Å²) in [5.74, 6) is 1.33. The van der Waals surface area contributed by atoms with E-state index in [1.807, 2.05) is 6.92 Å². The van der Waals surface area contributed by atoms with Crippen molar-refractivity contribution in [2.75, 3.05) is 18.4 Å². The summed E-state index contributed by atoms with van der Waals surface area (Å²) >= 11 is 5.94. The third-order valence-electron chi connectivity index (χ3n) is 2.52. The minimum Gasteiger partial charge on any atom is -0.478 e. The predicted octanol–water partition coefficient (Wildman–Crippen LogP) is 2.92. The summed E-state index contributed by atoms with van der Waals surface area (Å²) in [6, 6.07) is 3.73. The molecule has 0 aliphatic heterocycles. The zero-order chi connectivity index (χ0) is 15.1. The highest BCUT2D eigenvalue weighted by Crippen LogP contribution is 2.23. The third-order valence-corrected chi connectivity index (χ3v) is 2.83. The molecule has 106 valence electrons. The van der Waals surface area contributed by atoms with Gasteiger partial charge in [0.15, 0.2) is 0 Å². The first-order chi connectivity index (χ1) is 9.49. The van der Waals surface area contributed by atoms with Gasteiger partial charge in [-0.3, -0.25) is 0 Å². The van der Waals surface area contributed by atoms with E-state index < -0.39 is 5.97 Å². The van der Waals surface area contributed by atoms with E-state index in [4.69, 9.17) is 23.1 Å². The van der Waals surface area contributed by atoms with Gasteiger partial charge < -0.3 is 15.3 Å². The summed E-state index contributed by atoms with van der Waals surface area (Å²) in [7, 11) is 0. The van der Waals surface area contributed by atoms with Crippen LogP contribution in [-0.4, -0.2) is 35.1 Å². The van der Waals surface area contributed by atoms with Gasteiger partial charge >= 0.3 is 12.0 Å². The van der Waals surface area contributed by atoms with Crippen molar-refractivity contribution in [3.8, 4) is 12.3 Å².